The van der Waals surface area contributed by atoms with Gasteiger partial charge in [-0.25, -0.2) is 8.78 Å². The van der Waals surface area contributed by atoms with Crippen LogP contribution in [-0.2, 0) is 6.54 Å². The number of aromatic nitrogens is 2. The van der Waals surface area contributed by atoms with Crippen LogP contribution in [0.15, 0.2) is 12.1 Å². The maximum Gasteiger partial charge on any atom is 0.178 e. The third-order valence-corrected chi connectivity index (χ3v) is 3.11. The summed E-state index contributed by atoms with van der Waals surface area (Å²) in [5.74, 6) is -1.20. The van der Waals surface area contributed by atoms with Crippen molar-refractivity contribution in [3.63, 3.8) is 0 Å². The third kappa shape index (κ3) is 2.59. The molecule has 0 aliphatic carbocycles. The van der Waals surface area contributed by atoms with Crippen LogP contribution in [0.4, 0.5) is 8.78 Å². The van der Waals surface area contributed by atoms with Crippen LogP contribution in [0, 0.1) is 16.4 Å². The van der Waals surface area contributed by atoms with E-state index in [0.29, 0.717) is 16.8 Å². The molecule has 1 aromatic carbocycles. The van der Waals surface area contributed by atoms with E-state index in [4.69, 9.17) is 12.2 Å². The van der Waals surface area contributed by atoms with Crippen molar-refractivity contribution in [3.05, 3.63) is 28.5 Å². The summed E-state index contributed by atoms with van der Waals surface area (Å²) in [5.41, 5.74) is 0.752. The van der Waals surface area contributed by atoms with Crippen molar-refractivity contribution in [1.29, 1.82) is 0 Å². The molecule has 98 valence electrons. The Labute approximate surface area is 109 Å². The fourth-order valence-electron chi connectivity index (χ4n) is 1.95. The minimum Gasteiger partial charge on any atom is -0.328 e. The largest absolute Gasteiger partial charge is 0.328 e. The van der Waals surface area contributed by atoms with Gasteiger partial charge in [-0.1, -0.05) is 0 Å². The van der Waals surface area contributed by atoms with E-state index in [9.17, 15) is 8.78 Å². The summed E-state index contributed by atoms with van der Waals surface area (Å²) in [7, 11) is 3.96. The molecule has 0 saturated heterocycles. The van der Waals surface area contributed by atoms with Crippen molar-refractivity contribution in [2.24, 2.45) is 0 Å². The van der Waals surface area contributed by atoms with Gasteiger partial charge < -0.3 is 14.5 Å². The summed E-state index contributed by atoms with van der Waals surface area (Å²) in [6.45, 7) is 1.53. The van der Waals surface area contributed by atoms with E-state index >= 15 is 0 Å². The molecule has 1 N–H and O–H groups in total. The van der Waals surface area contributed by atoms with Gasteiger partial charge in [0.25, 0.3) is 0 Å². The lowest BCUT2D eigenvalue weighted by Gasteiger charge is -2.10. The Morgan fingerprint density at radius 1 is 1.33 bits per heavy atom. The number of benzene rings is 1. The maximum absolute atomic E-state index is 13.6. The van der Waals surface area contributed by atoms with Crippen LogP contribution in [-0.4, -0.2) is 35.1 Å². The van der Waals surface area contributed by atoms with Crippen molar-refractivity contribution in [3.8, 4) is 0 Å². The zero-order valence-corrected chi connectivity index (χ0v) is 11.2. The van der Waals surface area contributed by atoms with Gasteiger partial charge in [0.1, 0.15) is 11.3 Å². The predicted molar refractivity (Wildman–Crippen MR) is 70.2 cm³/mol. The van der Waals surface area contributed by atoms with Gasteiger partial charge in [0.05, 0.1) is 5.52 Å². The van der Waals surface area contributed by atoms with Crippen LogP contribution in [0.3, 0.4) is 0 Å². The molecule has 0 atom stereocenters. The molecule has 0 saturated carbocycles. The average molecular weight is 271 g/mol. The number of aromatic amines is 1. The van der Waals surface area contributed by atoms with Crippen LogP contribution in [0.25, 0.3) is 11.0 Å². The van der Waals surface area contributed by atoms with E-state index in [1.807, 2.05) is 14.1 Å². The Kier molecular flexibility index (Phi) is 3.77. The quantitative estimate of drug-likeness (QED) is 0.864. The molecule has 18 heavy (non-hydrogen) atoms. The molecule has 2 rings (SSSR count). The lowest BCUT2D eigenvalue weighted by molar-refractivity contribution is 0.387. The van der Waals surface area contributed by atoms with E-state index < -0.39 is 11.6 Å². The molecule has 0 amide bonds. The van der Waals surface area contributed by atoms with Crippen LogP contribution in [0.1, 0.15) is 6.42 Å². The van der Waals surface area contributed by atoms with Gasteiger partial charge >= 0.3 is 0 Å². The van der Waals surface area contributed by atoms with Crippen LogP contribution in [0.5, 0.6) is 0 Å². The molecule has 2 aromatic rings. The molecule has 0 unspecified atom stereocenters. The van der Waals surface area contributed by atoms with E-state index in [0.717, 1.165) is 19.0 Å². The first kappa shape index (κ1) is 13.2. The van der Waals surface area contributed by atoms with E-state index in [2.05, 4.69) is 9.88 Å². The number of imidazole rings is 1. The van der Waals surface area contributed by atoms with E-state index in [1.165, 1.54) is 6.07 Å². The van der Waals surface area contributed by atoms with Gasteiger partial charge in [0, 0.05) is 12.6 Å². The maximum atomic E-state index is 13.6. The van der Waals surface area contributed by atoms with Gasteiger partial charge in [-0.3, -0.25) is 0 Å². The number of nitrogens with zero attached hydrogens (tertiary/aromatic N) is 2. The lowest BCUT2D eigenvalue weighted by Crippen LogP contribution is -2.15. The first-order valence-corrected chi connectivity index (χ1v) is 6.12. The Morgan fingerprint density at radius 3 is 2.72 bits per heavy atom. The Bertz CT molecular complexity index is 616. The molecular formula is C12H15F2N3S. The van der Waals surface area contributed by atoms with Crippen LogP contribution in [0.2, 0.25) is 0 Å². The molecule has 0 fully saturated rings. The van der Waals surface area contributed by atoms with Crippen LogP contribution < -0.4 is 0 Å². The predicted octanol–water partition coefficient (Wildman–Crippen LogP) is 2.93. The number of nitrogens with one attached hydrogen (secondary N) is 1. The Balaban J connectivity index is 2.38. The van der Waals surface area contributed by atoms with E-state index in [-0.39, 0.29) is 5.52 Å². The highest BCUT2D eigenvalue weighted by Crippen LogP contribution is 2.19. The number of rotatable bonds is 4. The zero-order chi connectivity index (χ0) is 13.3. The summed E-state index contributed by atoms with van der Waals surface area (Å²) in [5, 5.41) is 0. The number of halogens is 2. The summed E-state index contributed by atoms with van der Waals surface area (Å²) in [6, 6.07) is 2.16. The third-order valence-electron chi connectivity index (χ3n) is 2.79. The molecule has 0 bridgehead atoms. The summed E-state index contributed by atoms with van der Waals surface area (Å²) in [6.07, 6.45) is 0.867. The molecule has 1 aromatic heterocycles. The van der Waals surface area contributed by atoms with Gasteiger partial charge in [-0.05, 0) is 45.3 Å². The summed E-state index contributed by atoms with van der Waals surface area (Å²) >= 11 is 5.14. The number of aryl methyl sites for hydroxylation is 1. The second-order valence-corrected chi connectivity index (χ2v) is 4.91. The second kappa shape index (κ2) is 5.16. The molecule has 0 radical (unpaired) electrons. The molecule has 0 aliphatic heterocycles. The number of hydrogen-bond donors (Lipinski definition) is 1. The normalized spacial score (nSPS) is 11.6. The highest BCUT2D eigenvalue weighted by molar-refractivity contribution is 7.71. The van der Waals surface area contributed by atoms with E-state index in [1.54, 1.807) is 4.57 Å². The second-order valence-electron chi connectivity index (χ2n) is 4.52. The van der Waals surface area contributed by atoms with Gasteiger partial charge in [0.15, 0.2) is 10.6 Å². The molecule has 0 spiro atoms. The van der Waals surface area contributed by atoms with Gasteiger partial charge in [0.2, 0.25) is 0 Å². The fourth-order valence-corrected chi connectivity index (χ4v) is 2.24. The topological polar surface area (TPSA) is 24.0 Å². The molecule has 6 heteroatoms. The standard InChI is InChI=1S/C12H15F2N3S/c1-16(2)4-3-5-17-10-7-8(13)6-9(14)11(10)15-12(17)18/h6-7H,3-5H2,1-2H3,(H,15,18). The van der Waals surface area contributed by atoms with Gasteiger partial charge in [-0.2, -0.15) is 0 Å². The summed E-state index contributed by atoms with van der Waals surface area (Å²) in [4.78, 5) is 4.84. The number of fused-ring (bicyclic) bond motifs is 1. The Hall–Kier alpha value is -1.27. The fraction of sp³-hybridized carbons (Fsp3) is 0.417. The van der Waals surface area contributed by atoms with Crippen molar-refractivity contribution in [2.75, 3.05) is 20.6 Å². The summed E-state index contributed by atoms with van der Waals surface area (Å²) < 4.78 is 28.9. The number of hydrogen-bond acceptors (Lipinski definition) is 2. The molecule has 0 aliphatic rings. The van der Waals surface area contributed by atoms with Crippen molar-refractivity contribution < 1.29 is 8.78 Å². The van der Waals surface area contributed by atoms with Crippen molar-refractivity contribution >= 4 is 23.3 Å². The smallest absolute Gasteiger partial charge is 0.178 e. The lowest BCUT2D eigenvalue weighted by atomic mass is 10.3. The Morgan fingerprint density at radius 2 is 2.06 bits per heavy atom. The molecular weight excluding hydrogens is 256 g/mol. The minimum absolute atomic E-state index is 0.270. The van der Waals surface area contributed by atoms with Crippen LogP contribution >= 0.6 is 12.2 Å². The molecule has 1 heterocycles. The average Bonchev–Trinajstić information content (AvgIpc) is 2.56. The molecule has 3 nitrogen and oxygen atoms in total. The monoisotopic (exact) mass is 271 g/mol. The SMILES string of the molecule is CN(C)CCCn1c(=S)[nH]c2c(F)cc(F)cc21. The minimum atomic E-state index is -0.609. The van der Waals surface area contributed by atoms with Gasteiger partial charge in [-0.15, -0.1) is 0 Å². The van der Waals surface area contributed by atoms with Crippen molar-refractivity contribution in [1.82, 2.24) is 14.5 Å². The number of H-pyrrole nitrogens is 1. The first-order chi connectivity index (χ1) is 8.49. The van der Waals surface area contributed by atoms with Crippen molar-refractivity contribution in [2.45, 2.75) is 13.0 Å². The highest BCUT2D eigenvalue weighted by atomic mass is 32.1. The zero-order valence-electron chi connectivity index (χ0n) is 10.3. The highest BCUT2D eigenvalue weighted by Gasteiger charge is 2.10. The first-order valence-electron chi connectivity index (χ1n) is 5.71.